The summed E-state index contributed by atoms with van der Waals surface area (Å²) in [5, 5.41) is 0. The van der Waals surface area contributed by atoms with Crippen molar-refractivity contribution in [2.24, 2.45) is 5.73 Å². The second-order valence-corrected chi connectivity index (χ2v) is 6.19. The zero-order chi connectivity index (χ0) is 13.8. The molecular weight excluding hydrogens is 234 g/mol. The third kappa shape index (κ3) is 8.65. The lowest BCUT2D eigenvalue weighted by Crippen LogP contribution is -2.31. The van der Waals surface area contributed by atoms with Gasteiger partial charge in [-0.3, -0.25) is 0 Å². The van der Waals surface area contributed by atoms with Gasteiger partial charge in [0.2, 0.25) is 0 Å². The average Bonchev–Trinajstić information content (AvgIpc) is 2.82. The predicted octanol–water partition coefficient (Wildman–Crippen LogP) is 4.80. The molecule has 2 unspecified atom stereocenters. The molecule has 1 fully saturated rings. The van der Waals surface area contributed by atoms with Gasteiger partial charge in [0, 0.05) is 12.6 Å². The van der Waals surface area contributed by atoms with Crippen molar-refractivity contribution in [2.75, 3.05) is 6.61 Å². The van der Waals surface area contributed by atoms with Gasteiger partial charge >= 0.3 is 0 Å². The summed E-state index contributed by atoms with van der Waals surface area (Å²) in [6.45, 7) is 3.20. The van der Waals surface area contributed by atoms with Crippen molar-refractivity contribution >= 4 is 0 Å². The van der Waals surface area contributed by atoms with Crippen LogP contribution in [0, 0.1) is 0 Å². The van der Waals surface area contributed by atoms with Crippen LogP contribution in [-0.2, 0) is 4.74 Å². The summed E-state index contributed by atoms with van der Waals surface area (Å²) in [5.74, 6) is 0. The Hall–Kier alpha value is -0.0800. The fourth-order valence-corrected chi connectivity index (χ4v) is 2.99. The van der Waals surface area contributed by atoms with E-state index in [4.69, 9.17) is 10.5 Å². The molecule has 2 nitrogen and oxygen atoms in total. The Kier molecular flexibility index (Phi) is 10.5. The summed E-state index contributed by atoms with van der Waals surface area (Å²) < 4.78 is 5.86. The average molecular weight is 269 g/mol. The van der Waals surface area contributed by atoms with Crippen molar-refractivity contribution in [3.63, 3.8) is 0 Å². The summed E-state index contributed by atoms with van der Waals surface area (Å²) in [6.07, 6.45) is 17.8. The van der Waals surface area contributed by atoms with E-state index in [-0.39, 0.29) is 0 Å². The lowest BCUT2D eigenvalue weighted by Gasteiger charge is -2.16. The van der Waals surface area contributed by atoms with E-state index < -0.39 is 0 Å². The molecule has 0 aromatic rings. The maximum absolute atomic E-state index is 5.98. The summed E-state index contributed by atoms with van der Waals surface area (Å²) in [4.78, 5) is 0. The molecular formula is C17H35NO. The Bertz CT molecular complexity index is 196. The Morgan fingerprint density at radius 3 is 1.95 bits per heavy atom. The maximum Gasteiger partial charge on any atom is 0.0725 e. The van der Waals surface area contributed by atoms with Crippen molar-refractivity contribution in [1.29, 1.82) is 0 Å². The van der Waals surface area contributed by atoms with Gasteiger partial charge in [0.15, 0.2) is 0 Å². The fraction of sp³-hybridized carbons (Fsp3) is 1.00. The second-order valence-electron chi connectivity index (χ2n) is 6.19. The molecule has 19 heavy (non-hydrogen) atoms. The highest BCUT2D eigenvalue weighted by Gasteiger charge is 2.23. The van der Waals surface area contributed by atoms with Crippen LogP contribution >= 0.6 is 0 Å². The van der Waals surface area contributed by atoms with Crippen molar-refractivity contribution in [2.45, 2.75) is 103 Å². The van der Waals surface area contributed by atoms with Crippen LogP contribution < -0.4 is 5.73 Å². The number of ether oxygens (including phenoxy) is 1. The molecule has 114 valence electrons. The van der Waals surface area contributed by atoms with E-state index in [9.17, 15) is 0 Å². The van der Waals surface area contributed by atoms with Crippen LogP contribution in [0.4, 0.5) is 0 Å². The van der Waals surface area contributed by atoms with Crippen LogP contribution in [0.1, 0.15) is 90.4 Å². The van der Waals surface area contributed by atoms with Gasteiger partial charge in [0.05, 0.1) is 6.10 Å². The monoisotopic (exact) mass is 269 g/mol. The fourth-order valence-electron chi connectivity index (χ4n) is 2.99. The van der Waals surface area contributed by atoms with E-state index in [1.807, 2.05) is 0 Å². The molecule has 2 N–H and O–H groups in total. The number of rotatable bonds is 12. The molecule has 0 aliphatic heterocycles. The Labute approximate surface area is 120 Å². The third-order valence-electron chi connectivity index (χ3n) is 4.33. The standard InChI is InChI=1S/C17H35NO/c1-2-3-4-5-6-7-8-9-10-11-15-19-17-14-12-13-16(17)18/h16-17H,2-15,18H2,1H3. The van der Waals surface area contributed by atoms with E-state index in [2.05, 4.69) is 6.92 Å². The summed E-state index contributed by atoms with van der Waals surface area (Å²) in [7, 11) is 0. The molecule has 2 heteroatoms. The Morgan fingerprint density at radius 2 is 1.42 bits per heavy atom. The van der Waals surface area contributed by atoms with Crippen LogP contribution in [0.3, 0.4) is 0 Å². The molecule has 1 aliphatic rings. The quantitative estimate of drug-likeness (QED) is 0.516. The largest absolute Gasteiger partial charge is 0.377 e. The molecule has 0 radical (unpaired) electrons. The number of hydrogen-bond donors (Lipinski definition) is 1. The molecule has 1 aliphatic carbocycles. The minimum atomic E-state index is 0.308. The van der Waals surface area contributed by atoms with E-state index in [0.717, 1.165) is 13.0 Å². The van der Waals surface area contributed by atoms with Crippen LogP contribution in [0.25, 0.3) is 0 Å². The molecule has 0 amide bonds. The van der Waals surface area contributed by atoms with Gasteiger partial charge in [-0.25, -0.2) is 0 Å². The van der Waals surface area contributed by atoms with Gasteiger partial charge in [-0.15, -0.1) is 0 Å². The van der Waals surface area contributed by atoms with Crippen LogP contribution in [0.5, 0.6) is 0 Å². The summed E-state index contributed by atoms with van der Waals surface area (Å²) >= 11 is 0. The highest BCUT2D eigenvalue weighted by atomic mass is 16.5. The summed E-state index contributed by atoms with van der Waals surface area (Å²) in [6, 6.07) is 0.308. The highest BCUT2D eigenvalue weighted by molar-refractivity contribution is 4.80. The van der Waals surface area contributed by atoms with Crippen molar-refractivity contribution in [3.8, 4) is 0 Å². The lowest BCUT2D eigenvalue weighted by molar-refractivity contribution is 0.0455. The zero-order valence-corrected chi connectivity index (χ0v) is 13.0. The topological polar surface area (TPSA) is 35.2 Å². The molecule has 2 atom stereocenters. The third-order valence-corrected chi connectivity index (χ3v) is 4.33. The molecule has 0 bridgehead atoms. The van der Waals surface area contributed by atoms with Crippen molar-refractivity contribution in [1.82, 2.24) is 0 Å². The first-order valence-corrected chi connectivity index (χ1v) is 8.71. The first-order chi connectivity index (χ1) is 9.34. The van der Waals surface area contributed by atoms with Crippen LogP contribution in [0.2, 0.25) is 0 Å². The van der Waals surface area contributed by atoms with Gasteiger partial charge in [-0.2, -0.15) is 0 Å². The van der Waals surface area contributed by atoms with Crippen molar-refractivity contribution in [3.05, 3.63) is 0 Å². The van der Waals surface area contributed by atoms with Gasteiger partial charge in [0.1, 0.15) is 0 Å². The first-order valence-electron chi connectivity index (χ1n) is 8.71. The molecule has 0 heterocycles. The number of nitrogens with two attached hydrogens (primary N) is 1. The van der Waals surface area contributed by atoms with Crippen LogP contribution in [-0.4, -0.2) is 18.8 Å². The maximum atomic E-state index is 5.98. The summed E-state index contributed by atoms with van der Waals surface area (Å²) in [5.41, 5.74) is 5.98. The highest BCUT2D eigenvalue weighted by Crippen LogP contribution is 2.20. The predicted molar refractivity (Wildman–Crippen MR) is 83.4 cm³/mol. The van der Waals surface area contributed by atoms with E-state index >= 15 is 0 Å². The minimum Gasteiger partial charge on any atom is -0.377 e. The normalized spacial score (nSPS) is 23.1. The van der Waals surface area contributed by atoms with Crippen molar-refractivity contribution < 1.29 is 4.74 Å². The molecule has 1 saturated carbocycles. The van der Waals surface area contributed by atoms with Gasteiger partial charge in [-0.05, 0) is 25.7 Å². The Balaban J connectivity index is 1.74. The van der Waals surface area contributed by atoms with Gasteiger partial charge in [0.25, 0.3) is 0 Å². The molecule has 0 aromatic heterocycles. The zero-order valence-electron chi connectivity index (χ0n) is 13.0. The second kappa shape index (κ2) is 11.7. The smallest absolute Gasteiger partial charge is 0.0725 e. The lowest BCUT2D eigenvalue weighted by atomic mass is 10.1. The minimum absolute atomic E-state index is 0.308. The van der Waals surface area contributed by atoms with Gasteiger partial charge < -0.3 is 10.5 Å². The Morgan fingerprint density at radius 1 is 0.842 bits per heavy atom. The first kappa shape index (κ1) is 17.0. The molecule has 0 saturated heterocycles. The van der Waals surface area contributed by atoms with E-state index in [1.165, 1.54) is 77.0 Å². The number of unbranched alkanes of at least 4 members (excludes halogenated alkanes) is 9. The van der Waals surface area contributed by atoms with E-state index in [1.54, 1.807) is 0 Å². The van der Waals surface area contributed by atoms with Gasteiger partial charge in [-0.1, -0.05) is 64.7 Å². The SMILES string of the molecule is CCCCCCCCCCCCOC1CCCC1N. The molecule has 1 rings (SSSR count). The van der Waals surface area contributed by atoms with Crippen LogP contribution in [0.15, 0.2) is 0 Å². The molecule has 0 spiro atoms. The molecule has 0 aromatic carbocycles. The number of hydrogen-bond acceptors (Lipinski definition) is 2. The van der Waals surface area contributed by atoms with E-state index in [0.29, 0.717) is 12.1 Å².